The Hall–Kier alpha value is -1.57. The number of rotatable bonds is 2. The highest BCUT2D eigenvalue weighted by Crippen LogP contribution is 2.31. The van der Waals surface area contributed by atoms with E-state index in [-0.39, 0.29) is 30.4 Å². The molecule has 102 valence electrons. The van der Waals surface area contributed by atoms with Gasteiger partial charge in [0.1, 0.15) is 0 Å². The molecule has 19 heavy (non-hydrogen) atoms. The number of nitriles is 1. The third-order valence-electron chi connectivity index (χ3n) is 3.54. The summed E-state index contributed by atoms with van der Waals surface area (Å²) in [6, 6.07) is 9.56. The Morgan fingerprint density at radius 3 is 2.63 bits per heavy atom. The molecule has 2 atom stereocenters. The van der Waals surface area contributed by atoms with Crippen molar-refractivity contribution in [1.29, 1.82) is 5.26 Å². The zero-order valence-electron chi connectivity index (χ0n) is 10.9. The highest BCUT2D eigenvalue weighted by molar-refractivity contribution is 5.85. The van der Waals surface area contributed by atoms with Crippen LogP contribution in [0.4, 0.5) is 0 Å². The summed E-state index contributed by atoms with van der Waals surface area (Å²) in [5, 5.41) is 8.76. The maximum atomic E-state index is 11.7. The molecular formula is C14H18ClN3O. The van der Waals surface area contributed by atoms with Crippen LogP contribution in [0.25, 0.3) is 0 Å². The molecule has 5 heteroatoms. The summed E-state index contributed by atoms with van der Waals surface area (Å²) in [6.07, 6.45) is 1.14. The number of benzene rings is 1. The molecule has 0 aromatic heterocycles. The number of nitrogens with zero attached hydrogens (tertiary/aromatic N) is 2. The lowest BCUT2D eigenvalue weighted by atomic mass is 9.95. The van der Waals surface area contributed by atoms with Gasteiger partial charge in [0.15, 0.2) is 0 Å². The van der Waals surface area contributed by atoms with Crippen molar-refractivity contribution in [3.05, 3.63) is 35.4 Å². The van der Waals surface area contributed by atoms with E-state index in [0.29, 0.717) is 12.0 Å². The van der Waals surface area contributed by atoms with Crippen molar-refractivity contribution < 1.29 is 4.79 Å². The van der Waals surface area contributed by atoms with E-state index in [9.17, 15) is 4.79 Å². The fraction of sp³-hybridized carbons (Fsp3) is 0.429. The fourth-order valence-corrected chi connectivity index (χ4v) is 2.48. The number of nitrogens with two attached hydrogens (primary N) is 1. The Kier molecular flexibility index (Phi) is 5.34. The maximum absolute atomic E-state index is 11.7. The normalized spacial score (nSPS) is 21.6. The van der Waals surface area contributed by atoms with Gasteiger partial charge in [-0.3, -0.25) is 4.79 Å². The third-order valence-corrected chi connectivity index (χ3v) is 3.54. The van der Waals surface area contributed by atoms with Crippen LogP contribution in [0.1, 0.15) is 36.8 Å². The fourth-order valence-electron chi connectivity index (χ4n) is 2.48. The van der Waals surface area contributed by atoms with Crippen molar-refractivity contribution in [2.45, 2.75) is 31.8 Å². The third kappa shape index (κ3) is 3.06. The maximum Gasteiger partial charge on any atom is 0.223 e. The molecule has 0 saturated carbocycles. The lowest BCUT2D eigenvalue weighted by Crippen LogP contribution is -2.43. The van der Waals surface area contributed by atoms with Gasteiger partial charge in [0.25, 0.3) is 0 Å². The molecule has 0 radical (unpaired) electrons. The average molecular weight is 280 g/mol. The molecule has 0 spiro atoms. The second kappa shape index (κ2) is 6.55. The average Bonchev–Trinajstić information content (AvgIpc) is 2.80. The molecule has 1 saturated heterocycles. The summed E-state index contributed by atoms with van der Waals surface area (Å²) in [4.78, 5) is 13.5. The molecule has 1 heterocycles. The predicted octanol–water partition coefficient (Wildman–Crippen LogP) is 1.99. The van der Waals surface area contributed by atoms with Crippen LogP contribution < -0.4 is 5.73 Å². The SMILES string of the molecule is CCC(=O)N1CCC(c2ccc(C#N)cc2)C1N.Cl. The van der Waals surface area contributed by atoms with Crippen molar-refractivity contribution in [3.63, 3.8) is 0 Å². The van der Waals surface area contributed by atoms with Crippen molar-refractivity contribution >= 4 is 18.3 Å². The van der Waals surface area contributed by atoms with E-state index in [1.807, 2.05) is 19.1 Å². The molecular weight excluding hydrogens is 262 g/mol. The van der Waals surface area contributed by atoms with E-state index in [0.717, 1.165) is 18.5 Å². The molecule has 0 aliphatic carbocycles. The van der Waals surface area contributed by atoms with E-state index in [1.54, 1.807) is 17.0 Å². The first kappa shape index (κ1) is 15.5. The van der Waals surface area contributed by atoms with Crippen LogP contribution in [0.3, 0.4) is 0 Å². The number of halogens is 1. The molecule has 2 rings (SSSR count). The van der Waals surface area contributed by atoms with Gasteiger partial charge in [0.05, 0.1) is 17.8 Å². The molecule has 1 aromatic carbocycles. The molecule has 1 aliphatic rings. The van der Waals surface area contributed by atoms with Crippen LogP contribution in [0.15, 0.2) is 24.3 Å². The van der Waals surface area contributed by atoms with Gasteiger partial charge in [-0.25, -0.2) is 0 Å². The van der Waals surface area contributed by atoms with Gasteiger partial charge in [0, 0.05) is 18.9 Å². The smallest absolute Gasteiger partial charge is 0.223 e. The molecule has 4 nitrogen and oxygen atoms in total. The minimum absolute atomic E-state index is 0. The minimum Gasteiger partial charge on any atom is -0.327 e. The number of likely N-dealkylation sites (tertiary alicyclic amines) is 1. The van der Waals surface area contributed by atoms with Gasteiger partial charge >= 0.3 is 0 Å². The first-order valence-electron chi connectivity index (χ1n) is 6.22. The highest BCUT2D eigenvalue weighted by atomic mass is 35.5. The number of carbonyl (C=O) groups is 1. The highest BCUT2D eigenvalue weighted by Gasteiger charge is 2.34. The zero-order valence-corrected chi connectivity index (χ0v) is 11.7. The summed E-state index contributed by atoms with van der Waals surface area (Å²) >= 11 is 0. The van der Waals surface area contributed by atoms with E-state index in [1.165, 1.54) is 0 Å². The Morgan fingerprint density at radius 2 is 2.11 bits per heavy atom. The molecule has 2 N–H and O–H groups in total. The molecule has 0 bridgehead atoms. The largest absolute Gasteiger partial charge is 0.327 e. The van der Waals surface area contributed by atoms with Crippen LogP contribution in [-0.4, -0.2) is 23.5 Å². The first-order chi connectivity index (χ1) is 8.67. The van der Waals surface area contributed by atoms with Crippen molar-refractivity contribution in [3.8, 4) is 6.07 Å². The van der Waals surface area contributed by atoms with E-state index < -0.39 is 0 Å². The second-order valence-electron chi connectivity index (χ2n) is 4.56. The Labute approximate surface area is 119 Å². The monoisotopic (exact) mass is 279 g/mol. The zero-order chi connectivity index (χ0) is 13.1. The van der Waals surface area contributed by atoms with Gasteiger partial charge in [-0.1, -0.05) is 19.1 Å². The van der Waals surface area contributed by atoms with Gasteiger partial charge in [-0.2, -0.15) is 5.26 Å². The lowest BCUT2D eigenvalue weighted by molar-refractivity contribution is -0.131. The standard InChI is InChI=1S/C14H17N3O.ClH/c1-2-13(18)17-8-7-12(14(17)16)11-5-3-10(9-15)4-6-11;/h3-6,12,14H,2,7-8,16H2,1H3;1H. The molecule has 1 fully saturated rings. The Balaban J connectivity index is 0.00000180. The van der Waals surface area contributed by atoms with Crippen molar-refractivity contribution in [1.82, 2.24) is 4.90 Å². The predicted molar refractivity (Wildman–Crippen MR) is 75.7 cm³/mol. The lowest BCUT2D eigenvalue weighted by Gasteiger charge is -2.24. The molecule has 1 aliphatic heterocycles. The Morgan fingerprint density at radius 1 is 1.47 bits per heavy atom. The number of hydrogen-bond donors (Lipinski definition) is 1. The number of carbonyl (C=O) groups excluding carboxylic acids is 1. The van der Waals surface area contributed by atoms with E-state index in [2.05, 4.69) is 6.07 Å². The summed E-state index contributed by atoms with van der Waals surface area (Å²) in [7, 11) is 0. The van der Waals surface area contributed by atoms with Gasteiger partial charge in [-0.05, 0) is 24.1 Å². The van der Waals surface area contributed by atoms with Crippen LogP contribution >= 0.6 is 12.4 Å². The molecule has 1 aromatic rings. The summed E-state index contributed by atoms with van der Waals surface area (Å²) in [5.74, 6) is 0.284. The minimum atomic E-state index is -0.245. The van der Waals surface area contributed by atoms with Crippen LogP contribution in [0, 0.1) is 11.3 Å². The number of amides is 1. The van der Waals surface area contributed by atoms with Crippen molar-refractivity contribution in [2.75, 3.05) is 6.54 Å². The molecule has 2 unspecified atom stereocenters. The van der Waals surface area contributed by atoms with Crippen LogP contribution in [0.5, 0.6) is 0 Å². The summed E-state index contributed by atoms with van der Waals surface area (Å²) in [5.41, 5.74) is 7.89. The van der Waals surface area contributed by atoms with Crippen LogP contribution in [-0.2, 0) is 4.79 Å². The van der Waals surface area contributed by atoms with Gasteiger partial charge < -0.3 is 10.6 Å². The van der Waals surface area contributed by atoms with E-state index in [4.69, 9.17) is 11.0 Å². The van der Waals surface area contributed by atoms with E-state index >= 15 is 0 Å². The molecule has 1 amide bonds. The van der Waals surface area contributed by atoms with Crippen LogP contribution in [0.2, 0.25) is 0 Å². The topological polar surface area (TPSA) is 70.1 Å². The van der Waals surface area contributed by atoms with Gasteiger partial charge in [-0.15, -0.1) is 12.4 Å². The van der Waals surface area contributed by atoms with Crippen molar-refractivity contribution in [2.24, 2.45) is 5.73 Å². The quantitative estimate of drug-likeness (QED) is 0.900. The Bertz CT molecular complexity index is 480. The van der Waals surface area contributed by atoms with Gasteiger partial charge in [0.2, 0.25) is 5.91 Å². The second-order valence-corrected chi connectivity index (χ2v) is 4.56. The summed E-state index contributed by atoms with van der Waals surface area (Å²) in [6.45, 7) is 2.57. The summed E-state index contributed by atoms with van der Waals surface area (Å²) < 4.78 is 0. The number of hydrogen-bond acceptors (Lipinski definition) is 3. The first-order valence-corrected chi connectivity index (χ1v) is 6.22.